The number of carbonyl (C=O) groups excluding carboxylic acids is 1. The summed E-state index contributed by atoms with van der Waals surface area (Å²) in [7, 11) is 0. The highest BCUT2D eigenvalue weighted by molar-refractivity contribution is 5.85. The highest BCUT2D eigenvalue weighted by atomic mass is 16.4. The van der Waals surface area contributed by atoms with E-state index < -0.39 is 23.9 Å². The molecule has 0 aliphatic heterocycles. The van der Waals surface area contributed by atoms with Gasteiger partial charge in [0.15, 0.2) is 0 Å². The molecule has 4 atom stereocenters. The Labute approximate surface area is 112 Å². The number of amides is 1. The Morgan fingerprint density at radius 3 is 2.26 bits per heavy atom. The van der Waals surface area contributed by atoms with Crippen molar-refractivity contribution >= 4 is 11.9 Å². The third-order valence-corrected chi connectivity index (χ3v) is 4.62. The Balaban J connectivity index is 2.00. The number of aliphatic hydroxyl groups excluding tert-OH is 1. The van der Waals surface area contributed by atoms with Crippen LogP contribution in [0.2, 0.25) is 0 Å². The van der Waals surface area contributed by atoms with Gasteiger partial charge in [-0.3, -0.25) is 9.59 Å². The zero-order valence-corrected chi connectivity index (χ0v) is 11.3. The van der Waals surface area contributed by atoms with Crippen molar-refractivity contribution < 1.29 is 19.8 Å². The summed E-state index contributed by atoms with van der Waals surface area (Å²) >= 11 is 0. The highest BCUT2D eigenvalue weighted by Gasteiger charge is 2.49. The largest absolute Gasteiger partial charge is 0.481 e. The molecular formula is C14H21NO4. The number of rotatable bonds is 3. The first-order valence-corrected chi connectivity index (χ1v) is 6.70. The molecule has 0 aromatic carbocycles. The third kappa shape index (κ3) is 2.52. The van der Waals surface area contributed by atoms with Gasteiger partial charge in [0.25, 0.3) is 0 Å². The second kappa shape index (κ2) is 4.96. The van der Waals surface area contributed by atoms with Crippen molar-refractivity contribution in [2.45, 2.75) is 45.3 Å². The fourth-order valence-electron chi connectivity index (χ4n) is 2.80. The summed E-state index contributed by atoms with van der Waals surface area (Å²) in [6, 6.07) is -0.0737. The Bertz CT molecular complexity index is 416. The van der Waals surface area contributed by atoms with Gasteiger partial charge in [-0.2, -0.15) is 0 Å². The van der Waals surface area contributed by atoms with E-state index in [-0.39, 0.29) is 17.4 Å². The van der Waals surface area contributed by atoms with Crippen molar-refractivity contribution in [3.8, 4) is 0 Å². The molecule has 106 valence electrons. The first-order valence-electron chi connectivity index (χ1n) is 6.70. The van der Waals surface area contributed by atoms with Crippen molar-refractivity contribution in [1.82, 2.24) is 5.32 Å². The molecule has 0 spiro atoms. The minimum Gasteiger partial charge on any atom is -0.481 e. The molecule has 0 saturated heterocycles. The Morgan fingerprint density at radius 1 is 1.21 bits per heavy atom. The molecule has 3 N–H and O–H groups in total. The third-order valence-electron chi connectivity index (χ3n) is 4.62. The zero-order valence-electron chi connectivity index (χ0n) is 11.3. The van der Waals surface area contributed by atoms with Crippen molar-refractivity contribution in [2.75, 3.05) is 0 Å². The maximum absolute atomic E-state index is 12.2. The van der Waals surface area contributed by atoms with Gasteiger partial charge in [-0.15, -0.1) is 0 Å². The van der Waals surface area contributed by atoms with Crippen LogP contribution >= 0.6 is 0 Å². The number of hydrogen-bond donors (Lipinski definition) is 3. The van der Waals surface area contributed by atoms with Crippen LogP contribution in [0.15, 0.2) is 12.2 Å². The van der Waals surface area contributed by atoms with Crippen LogP contribution in [-0.2, 0) is 9.59 Å². The molecule has 5 nitrogen and oxygen atoms in total. The van der Waals surface area contributed by atoms with Gasteiger partial charge in [-0.05, 0) is 19.3 Å². The second-order valence-electron chi connectivity index (χ2n) is 6.13. The maximum atomic E-state index is 12.2. The van der Waals surface area contributed by atoms with Gasteiger partial charge < -0.3 is 15.5 Å². The molecule has 2 unspecified atom stereocenters. The van der Waals surface area contributed by atoms with Crippen molar-refractivity contribution in [1.29, 1.82) is 0 Å². The van der Waals surface area contributed by atoms with E-state index in [1.54, 1.807) is 0 Å². The van der Waals surface area contributed by atoms with Gasteiger partial charge in [-0.25, -0.2) is 0 Å². The minimum atomic E-state index is -0.919. The van der Waals surface area contributed by atoms with Gasteiger partial charge in [0.1, 0.15) is 0 Å². The van der Waals surface area contributed by atoms with Crippen LogP contribution in [0.5, 0.6) is 0 Å². The maximum Gasteiger partial charge on any atom is 0.307 e. The smallest absolute Gasteiger partial charge is 0.307 e. The summed E-state index contributed by atoms with van der Waals surface area (Å²) in [6.07, 6.45) is 4.70. The normalized spacial score (nSPS) is 36.4. The highest BCUT2D eigenvalue weighted by Crippen LogP contribution is 2.40. The number of allylic oxidation sites excluding steroid dienone is 2. The quantitative estimate of drug-likeness (QED) is 0.664. The van der Waals surface area contributed by atoms with Crippen molar-refractivity contribution in [2.24, 2.45) is 17.3 Å². The van der Waals surface area contributed by atoms with Crippen LogP contribution in [-0.4, -0.2) is 34.2 Å². The molecule has 0 aromatic heterocycles. The summed E-state index contributed by atoms with van der Waals surface area (Å²) < 4.78 is 0. The van der Waals surface area contributed by atoms with E-state index in [0.29, 0.717) is 19.3 Å². The lowest BCUT2D eigenvalue weighted by Crippen LogP contribution is -2.62. The summed E-state index contributed by atoms with van der Waals surface area (Å²) in [5, 5.41) is 21.7. The van der Waals surface area contributed by atoms with Gasteiger partial charge in [0.05, 0.1) is 17.9 Å². The molecule has 0 aromatic rings. The summed E-state index contributed by atoms with van der Waals surface area (Å²) in [6.45, 7) is 3.81. The number of nitrogens with one attached hydrogen (secondary N) is 1. The predicted octanol–water partition coefficient (Wildman–Crippen LogP) is 0.929. The standard InChI is InChI=1S/C14H21NO4/c1-14(2)10(7-11(14)16)15-12(17)8-5-3-4-6-9(8)13(18)19/h3-4,8-11,16H,5-7H2,1-2H3,(H,15,17)(H,18,19)/t8-,9+,10?,11?/m1/s1. The number of aliphatic hydroxyl groups is 1. The average Bonchev–Trinajstić information content (AvgIpc) is 2.38. The Kier molecular flexibility index (Phi) is 3.67. The van der Waals surface area contributed by atoms with Crippen LogP contribution in [0, 0.1) is 17.3 Å². The Morgan fingerprint density at radius 2 is 1.79 bits per heavy atom. The predicted molar refractivity (Wildman–Crippen MR) is 69.3 cm³/mol. The van der Waals surface area contributed by atoms with Gasteiger partial charge >= 0.3 is 5.97 Å². The molecule has 1 saturated carbocycles. The van der Waals surface area contributed by atoms with Crippen molar-refractivity contribution in [3.63, 3.8) is 0 Å². The SMILES string of the molecule is CC1(C)C(O)CC1NC(=O)[C@@H]1CC=CC[C@@H]1C(=O)O. The summed E-state index contributed by atoms with van der Waals surface area (Å²) in [5.74, 6) is -2.27. The fourth-order valence-corrected chi connectivity index (χ4v) is 2.80. The van der Waals surface area contributed by atoms with Crippen molar-refractivity contribution in [3.05, 3.63) is 12.2 Å². The molecule has 0 radical (unpaired) electrons. The molecule has 2 aliphatic carbocycles. The molecule has 5 heteroatoms. The van der Waals surface area contributed by atoms with Crippen LogP contribution in [0.3, 0.4) is 0 Å². The van der Waals surface area contributed by atoms with E-state index in [1.807, 2.05) is 26.0 Å². The monoisotopic (exact) mass is 267 g/mol. The molecule has 1 amide bonds. The van der Waals surface area contributed by atoms with Crippen LogP contribution < -0.4 is 5.32 Å². The minimum absolute atomic E-state index is 0.0737. The molecular weight excluding hydrogens is 246 g/mol. The lowest BCUT2D eigenvalue weighted by molar-refractivity contribution is -0.149. The van der Waals surface area contributed by atoms with E-state index in [9.17, 15) is 14.7 Å². The van der Waals surface area contributed by atoms with Crippen LogP contribution in [0.25, 0.3) is 0 Å². The average molecular weight is 267 g/mol. The molecule has 1 fully saturated rings. The molecule has 2 aliphatic rings. The number of carboxylic acid groups (broad SMARTS) is 1. The topological polar surface area (TPSA) is 86.6 Å². The molecule has 19 heavy (non-hydrogen) atoms. The van der Waals surface area contributed by atoms with E-state index >= 15 is 0 Å². The first-order chi connectivity index (χ1) is 8.84. The fraction of sp³-hybridized carbons (Fsp3) is 0.714. The van der Waals surface area contributed by atoms with E-state index in [1.165, 1.54) is 0 Å². The van der Waals surface area contributed by atoms with E-state index in [4.69, 9.17) is 5.11 Å². The Hall–Kier alpha value is -1.36. The molecule has 0 heterocycles. The van der Waals surface area contributed by atoms with E-state index in [0.717, 1.165) is 0 Å². The lowest BCUT2D eigenvalue weighted by Gasteiger charge is -2.49. The lowest BCUT2D eigenvalue weighted by atomic mass is 9.64. The first kappa shape index (κ1) is 14.1. The number of aliphatic carboxylic acids is 1. The van der Waals surface area contributed by atoms with Gasteiger partial charge in [0, 0.05) is 11.5 Å². The number of carbonyl (C=O) groups is 2. The number of hydrogen-bond acceptors (Lipinski definition) is 3. The van der Waals surface area contributed by atoms with Gasteiger partial charge in [-0.1, -0.05) is 26.0 Å². The van der Waals surface area contributed by atoms with Crippen LogP contribution in [0.4, 0.5) is 0 Å². The number of carboxylic acids is 1. The molecule has 0 bridgehead atoms. The second-order valence-corrected chi connectivity index (χ2v) is 6.13. The summed E-state index contributed by atoms with van der Waals surface area (Å²) in [5.41, 5.74) is -0.334. The molecule has 2 rings (SSSR count). The summed E-state index contributed by atoms with van der Waals surface area (Å²) in [4.78, 5) is 23.4. The van der Waals surface area contributed by atoms with E-state index in [2.05, 4.69) is 5.32 Å². The zero-order chi connectivity index (χ0) is 14.2. The van der Waals surface area contributed by atoms with Crippen LogP contribution in [0.1, 0.15) is 33.1 Å². The van der Waals surface area contributed by atoms with Gasteiger partial charge in [0.2, 0.25) is 5.91 Å².